The smallest absolute Gasteiger partial charge is 0.0491 e. The normalized spacial score (nSPS) is 36.8. The number of hydrogen-bond donors (Lipinski definition) is 0. The summed E-state index contributed by atoms with van der Waals surface area (Å²) in [5.74, 6) is 0.877. The quantitative estimate of drug-likeness (QED) is 0.515. The summed E-state index contributed by atoms with van der Waals surface area (Å²) in [4.78, 5) is 0. The van der Waals surface area contributed by atoms with Crippen LogP contribution in [0.2, 0.25) is 0 Å². The van der Waals surface area contributed by atoms with Crippen LogP contribution in [-0.2, 0) is 4.74 Å². The molecule has 0 radical (unpaired) electrons. The Bertz CT molecular complexity index is 66.2. The molecule has 1 aliphatic rings. The summed E-state index contributed by atoms with van der Waals surface area (Å²) in [5.41, 5.74) is 0. The minimum atomic E-state index is 0.877. The summed E-state index contributed by atoms with van der Waals surface area (Å²) in [5, 5.41) is 0. The number of alkyl halides is 1. The van der Waals surface area contributed by atoms with E-state index in [1.54, 1.807) is 7.11 Å². The van der Waals surface area contributed by atoms with E-state index in [2.05, 4.69) is 22.6 Å². The predicted molar refractivity (Wildman–Crippen MR) is 42.4 cm³/mol. The molecule has 0 amide bonds. The third-order valence-corrected chi connectivity index (χ3v) is 2.60. The zero-order chi connectivity index (χ0) is 5.98. The van der Waals surface area contributed by atoms with Crippen molar-refractivity contribution in [3.8, 4) is 0 Å². The van der Waals surface area contributed by atoms with E-state index in [4.69, 9.17) is 4.74 Å². The van der Waals surface area contributed by atoms with Crippen LogP contribution >= 0.6 is 22.6 Å². The Morgan fingerprint density at radius 1 is 1.62 bits per heavy atom. The van der Waals surface area contributed by atoms with Gasteiger partial charge in [0.25, 0.3) is 0 Å². The molecule has 0 spiro atoms. The number of rotatable bonds is 2. The van der Waals surface area contributed by atoms with Gasteiger partial charge in [-0.2, -0.15) is 0 Å². The van der Waals surface area contributed by atoms with Crippen molar-refractivity contribution in [3.63, 3.8) is 0 Å². The van der Waals surface area contributed by atoms with Gasteiger partial charge in [-0.1, -0.05) is 22.6 Å². The molecule has 48 valence electrons. The minimum absolute atomic E-state index is 0.877. The highest BCUT2D eigenvalue weighted by Gasteiger charge is 2.25. The molecular formula is C6H11IO. The van der Waals surface area contributed by atoms with Crippen molar-refractivity contribution < 1.29 is 4.74 Å². The van der Waals surface area contributed by atoms with Gasteiger partial charge in [0.15, 0.2) is 0 Å². The minimum Gasteiger partial charge on any atom is -0.384 e. The predicted octanol–water partition coefficient (Wildman–Crippen LogP) is 1.85. The molecule has 1 aliphatic carbocycles. The Kier molecular flexibility index (Phi) is 2.56. The first-order chi connectivity index (χ1) is 3.83. The fraction of sp³-hybridized carbons (Fsp3) is 1.00. The summed E-state index contributed by atoms with van der Waals surface area (Å²) in [6, 6.07) is 0. The van der Waals surface area contributed by atoms with E-state index in [0.717, 1.165) is 16.4 Å². The molecule has 0 aliphatic heterocycles. The third-order valence-electron chi connectivity index (χ3n) is 1.58. The summed E-state index contributed by atoms with van der Waals surface area (Å²) in [6.07, 6.45) is 2.74. The largest absolute Gasteiger partial charge is 0.384 e. The van der Waals surface area contributed by atoms with Crippen LogP contribution in [0.15, 0.2) is 0 Å². The van der Waals surface area contributed by atoms with Gasteiger partial charge in [-0.15, -0.1) is 0 Å². The van der Waals surface area contributed by atoms with Crippen LogP contribution in [0.25, 0.3) is 0 Å². The van der Waals surface area contributed by atoms with E-state index in [-0.39, 0.29) is 0 Å². The van der Waals surface area contributed by atoms with Crippen molar-refractivity contribution in [2.75, 3.05) is 13.7 Å². The first-order valence-electron chi connectivity index (χ1n) is 2.96. The zero-order valence-corrected chi connectivity index (χ0v) is 7.22. The van der Waals surface area contributed by atoms with Crippen LogP contribution in [0, 0.1) is 5.92 Å². The van der Waals surface area contributed by atoms with Crippen LogP contribution in [0.5, 0.6) is 0 Å². The Morgan fingerprint density at radius 3 is 2.62 bits per heavy atom. The molecule has 2 heteroatoms. The second-order valence-corrected chi connectivity index (χ2v) is 4.15. The molecule has 0 heterocycles. The van der Waals surface area contributed by atoms with Crippen molar-refractivity contribution >= 4 is 22.6 Å². The molecule has 0 bridgehead atoms. The fourth-order valence-electron chi connectivity index (χ4n) is 1.03. The number of methoxy groups -OCH3 is 1. The molecule has 0 aromatic carbocycles. The maximum Gasteiger partial charge on any atom is 0.0491 e. The fourth-order valence-corrected chi connectivity index (χ4v) is 2.46. The Hall–Kier alpha value is 0.690. The zero-order valence-electron chi connectivity index (χ0n) is 5.06. The van der Waals surface area contributed by atoms with E-state index in [0.29, 0.717) is 0 Å². The molecule has 1 fully saturated rings. The number of ether oxygens (including phenoxy) is 1. The van der Waals surface area contributed by atoms with Crippen molar-refractivity contribution in [3.05, 3.63) is 0 Å². The number of halogens is 1. The molecule has 1 nitrogen and oxygen atoms in total. The van der Waals surface area contributed by atoms with Gasteiger partial charge in [0.1, 0.15) is 0 Å². The lowest BCUT2D eigenvalue weighted by molar-refractivity contribution is 0.118. The molecule has 0 saturated heterocycles. The van der Waals surface area contributed by atoms with Gasteiger partial charge in [0, 0.05) is 17.6 Å². The maximum atomic E-state index is 4.99. The first-order valence-corrected chi connectivity index (χ1v) is 4.20. The van der Waals surface area contributed by atoms with E-state index in [9.17, 15) is 0 Å². The molecule has 0 atom stereocenters. The van der Waals surface area contributed by atoms with Gasteiger partial charge in [-0.05, 0) is 18.8 Å². The van der Waals surface area contributed by atoms with E-state index in [1.807, 2.05) is 0 Å². The summed E-state index contributed by atoms with van der Waals surface area (Å²) in [7, 11) is 1.78. The van der Waals surface area contributed by atoms with Crippen molar-refractivity contribution in [2.45, 2.75) is 16.8 Å². The highest BCUT2D eigenvalue weighted by molar-refractivity contribution is 14.1. The van der Waals surface area contributed by atoms with Gasteiger partial charge in [0.2, 0.25) is 0 Å². The second-order valence-electron chi connectivity index (χ2n) is 2.39. The Morgan fingerprint density at radius 2 is 2.25 bits per heavy atom. The molecule has 0 aromatic rings. The highest BCUT2D eigenvalue weighted by atomic mass is 127. The van der Waals surface area contributed by atoms with Gasteiger partial charge in [-0.25, -0.2) is 0 Å². The third kappa shape index (κ3) is 1.58. The summed E-state index contributed by atoms with van der Waals surface area (Å²) < 4.78 is 5.93. The summed E-state index contributed by atoms with van der Waals surface area (Å²) in [6.45, 7) is 0.972. The SMILES string of the molecule is COC[C@H]1C[C@@H](I)C1. The van der Waals surface area contributed by atoms with Crippen molar-refractivity contribution in [2.24, 2.45) is 5.92 Å². The molecule has 0 N–H and O–H groups in total. The monoisotopic (exact) mass is 226 g/mol. The Balaban J connectivity index is 1.98. The lowest BCUT2D eigenvalue weighted by Crippen LogP contribution is -2.26. The standard InChI is InChI=1S/C6H11IO/c1-8-4-5-2-6(7)3-5/h5-6H,2-4H2,1H3/t5-,6+. The molecule has 0 aromatic heterocycles. The van der Waals surface area contributed by atoms with Crippen molar-refractivity contribution in [1.29, 1.82) is 0 Å². The van der Waals surface area contributed by atoms with E-state index in [1.165, 1.54) is 12.8 Å². The molecule has 1 saturated carbocycles. The molecule has 1 rings (SSSR count). The maximum absolute atomic E-state index is 4.99. The lowest BCUT2D eigenvalue weighted by Gasteiger charge is -2.30. The topological polar surface area (TPSA) is 9.23 Å². The average Bonchev–Trinajstić information content (AvgIpc) is 1.64. The first kappa shape index (κ1) is 6.81. The van der Waals surface area contributed by atoms with Crippen LogP contribution < -0.4 is 0 Å². The van der Waals surface area contributed by atoms with Crippen LogP contribution in [0.4, 0.5) is 0 Å². The second kappa shape index (κ2) is 3.01. The van der Waals surface area contributed by atoms with Gasteiger partial charge >= 0.3 is 0 Å². The van der Waals surface area contributed by atoms with Gasteiger partial charge in [0.05, 0.1) is 0 Å². The van der Waals surface area contributed by atoms with E-state index >= 15 is 0 Å². The lowest BCUT2D eigenvalue weighted by atomic mass is 9.86. The average molecular weight is 226 g/mol. The molecule has 0 unspecified atom stereocenters. The van der Waals surface area contributed by atoms with Crippen LogP contribution in [0.3, 0.4) is 0 Å². The van der Waals surface area contributed by atoms with Crippen LogP contribution in [-0.4, -0.2) is 17.6 Å². The van der Waals surface area contributed by atoms with Crippen LogP contribution in [0.1, 0.15) is 12.8 Å². The molecular weight excluding hydrogens is 215 g/mol. The Labute approximate surface area is 63.9 Å². The highest BCUT2D eigenvalue weighted by Crippen LogP contribution is 2.33. The van der Waals surface area contributed by atoms with Gasteiger partial charge in [-0.3, -0.25) is 0 Å². The molecule has 8 heavy (non-hydrogen) atoms. The van der Waals surface area contributed by atoms with E-state index < -0.39 is 0 Å². The summed E-state index contributed by atoms with van der Waals surface area (Å²) >= 11 is 2.49. The van der Waals surface area contributed by atoms with Crippen molar-refractivity contribution in [1.82, 2.24) is 0 Å². The number of hydrogen-bond acceptors (Lipinski definition) is 1. The van der Waals surface area contributed by atoms with Gasteiger partial charge < -0.3 is 4.74 Å².